The van der Waals surface area contributed by atoms with Gasteiger partial charge < -0.3 is 0 Å². The molecular formula is C22H24Si. The van der Waals surface area contributed by atoms with Gasteiger partial charge in [0, 0.05) is 5.56 Å². The lowest BCUT2D eigenvalue weighted by Crippen LogP contribution is -2.35. The van der Waals surface area contributed by atoms with E-state index in [0.717, 1.165) is 5.56 Å². The Morgan fingerprint density at radius 3 is 2.04 bits per heavy atom. The highest BCUT2D eigenvalue weighted by molar-refractivity contribution is 6.87. The van der Waals surface area contributed by atoms with Crippen LogP contribution >= 0.6 is 0 Å². The second-order valence-corrected chi connectivity index (χ2v) is 12.9. The number of fused-ring (bicyclic) bond motifs is 2. The van der Waals surface area contributed by atoms with Crippen molar-refractivity contribution in [1.29, 1.82) is 0 Å². The first-order valence-corrected chi connectivity index (χ1v) is 11.2. The molecule has 0 radical (unpaired) electrons. The minimum atomic E-state index is -1.59. The van der Waals surface area contributed by atoms with Crippen molar-refractivity contribution in [1.82, 2.24) is 0 Å². The second-order valence-electron chi connectivity index (χ2n) is 7.85. The molecule has 3 aromatic carbocycles. The highest BCUT2D eigenvalue weighted by Gasteiger charge is 2.33. The summed E-state index contributed by atoms with van der Waals surface area (Å²) in [5, 5.41) is 5.39. The third-order valence-electron chi connectivity index (χ3n) is 5.13. The summed E-state index contributed by atoms with van der Waals surface area (Å²) in [5.74, 6) is 3.51. The van der Waals surface area contributed by atoms with Gasteiger partial charge in [0.15, 0.2) is 0 Å². The average molecular weight is 317 g/mol. The summed E-state index contributed by atoms with van der Waals surface area (Å²) in [4.78, 5) is 0. The van der Waals surface area contributed by atoms with Crippen LogP contribution in [0.2, 0.25) is 18.1 Å². The highest BCUT2D eigenvalue weighted by Crippen LogP contribution is 2.35. The summed E-state index contributed by atoms with van der Waals surface area (Å²) in [5.41, 5.74) is 4.80. The summed E-state index contributed by atoms with van der Waals surface area (Å²) < 4.78 is 0. The van der Waals surface area contributed by atoms with E-state index in [2.05, 4.69) is 99.9 Å². The van der Waals surface area contributed by atoms with Crippen molar-refractivity contribution in [3.63, 3.8) is 0 Å². The molecule has 0 atom stereocenters. The van der Waals surface area contributed by atoms with Gasteiger partial charge in [-0.2, -0.15) is 0 Å². The van der Waals surface area contributed by atoms with Gasteiger partial charge in [0.1, 0.15) is 8.07 Å². The maximum atomic E-state index is 3.64. The summed E-state index contributed by atoms with van der Waals surface area (Å²) >= 11 is 0. The van der Waals surface area contributed by atoms with Crippen LogP contribution in [0.3, 0.4) is 0 Å². The summed E-state index contributed by atoms with van der Waals surface area (Å²) in [6.07, 6.45) is 0. The number of hydrogen-bond donors (Lipinski definition) is 0. The van der Waals surface area contributed by atoms with Crippen LogP contribution in [0.4, 0.5) is 0 Å². The molecule has 1 heteroatoms. The molecular weight excluding hydrogens is 292 g/mol. The maximum Gasteiger partial charge on any atom is 0.138 e. The van der Waals surface area contributed by atoms with E-state index in [1.807, 2.05) is 0 Å². The van der Waals surface area contributed by atoms with Crippen LogP contribution < -0.4 is 0 Å². The van der Waals surface area contributed by atoms with Crippen molar-refractivity contribution in [2.24, 2.45) is 0 Å². The Kier molecular flexibility index (Phi) is 3.82. The molecule has 0 aliphatic rings. The number of rotatable bonds is 0. The van der Waals surface area contributed by atoms with Crippen LogP contribution in [-0.2, 0) is 0 Å². The van der Waals surface area contributed by atoms with Gasteiger partial charge >= 0.3 is 0 Å². The van der Waals surface area contributed by atoms with E-state index in [0.29, 0.717) is 0 Å². The molecule has 0 N–H and O–H groups in total. The zero-order valence-corrected chi connectivity index (χ0v) is 15.7. The van der Waals surface area contributed by atoms with Gasteiger partial charge in [0.2, 0.25) is 0 Å². The fourth-order valence-electron chi connectivity index (χ4n) is 2.49. The first-order valence-electron chi connectivity index (χ1n) is 8.23. The molecule has 3 aromatic rings. The van der Waals surface area contributed by atoms with Gasteiger partial charge in [-0.15, -0.1) is 5.54 Å². The van der Waals surface area contributed by atoms with Gasteiger partial charge in [-0.25, -0.2) is 0 Å². The lowest BCUT2D eigenvalue weighted by molar-refractivity contribution is 0.731. The minimum Gasteiger partial charge on any atom is -0.126 e. The van der Waals surface area contributed by atoms with Crippen LogP contribution in [-0.4, -0.2) is 8.07 Å². The molecule has 0 aromatic heterocycles. The Morgan fingerprint density at radius 1 is 0.783 bits per heavy atom. The van der Waals surface area contributed by atoms with Gasteiger partial charge in [-0.3, -0.25) is 0 Å². The molecule has 0 saturated carbocycles. The molecule has 0 nitrogen and oxygen atoms in total. The van der Waals surface area contributed by atoms with E-state index >= 15 is 0 Å². The largest absolute Gasteiger partial charge is 0.138 e. The lowest BCUT2D eigenvalue weighted by atomic mass is 10.0. The van der Waals surface area contributed by atoms with E-state index in [9.17, 15) is 0 Å². The molecule has 0 aliphatic carbocycles. The predicted octanol–water partition coefficient (Wildman–Crippen LogP) is 6.39. The molecule has 0 bridgehead atoms. The van der Waals surface area contributed by atoms with Crippen molar-refractivity contribution in [2.75, 3.05) is 0 Å². The third-order valence-corrected chi connectivity index (χ3v) is 9.63. The zero-order chi connectivity index (χ0) is 16.7. The van der Waals surface area contributed by atoms with E-state index in [-0.39, 0.29) is 5.04 Å². The quantitative estimate of drug-likeness (QED) is 0.256. The summed E-state index contributed by atoms with van der Waals surface area (Å²) in [6, 6.07) is 19.5. The van der Waals surface area contributed by atoms with Crippen LogP contribution in [0.5, 0.6) is 0 Å². The SMILES string of the molecule is CC(C)(C)[Si](C)(C)C#Cc1cccc2cc3ccccc3cc12. The van der Waals surface area contributed by atoms with E-state index in [4.69, 9.17) is 0 Å². The van der Waals surface area contributed by atoms with Crippen molar-refractivity contribution in [3.05, 3.63) is 60.2 Å². The van der Waals surface area contributed by atoms with Crippen LogP contribution in [0.25, 0.3) is 21.5 Å². The molecule has 0 heterocycles. The fourth-order valence-corrected chi connectivity index (χ4v) is 3.31. The average Bonchev–Trinajstić information content (AvgIpc) is 2.50. The smallest absolute Gasteiger partial charge is 0.126 e. The molecule has 0 unspecified atom stereocenters. The molecule has 0 aliphatic heterocycles. The number of hydrogen-bond acceptors (Lipinski definition) is 0. The summed E-state index contributed by atoms with van der Waals surface area (Å²) in [6.45, 7) is 11.7. The molecule has 23 heavy (non-hydrogen) atoms. The van der Waals surface area contributed by atoms with Gasteiger partial charge in [0.25, 0.3) is 0 Å². The topological polar surface area (TPSA) is 0 Å². The van der Waals surface area contributed by atoms with E-state index in [1.165, 1.54) is 21.5 Å². The highest BCUT2D eigenvalue weighted by atomic mass is 28.3. The molecule has 0 spiro atoms. The molecule has 116 valence electrons. The molecule has 0 amide bonds. The van der Waals surface area contributed by atoms with E-state index < -0.39 is 8.07 Å². The van der Waals surface area contributed by atoms with Crippen molar-refractivity contribution < 1.29 is 0 Å². The lowest BCUT2D eigenvalue weighted by Gasteiger charge is -2.31. The Morgan fingerprint density at radius 2 is 1.39 bits per heavy atom. The van der Waals surface area contributed by atoms with Gasteiger partial charge in [-0.05, 0) is 44.8 Å². The Labute approximate surface area is 140 Å². The third kappa shape index (κ3) is 3.05. The van der Waals surface area contributed by atoms with Crippen molar-refractivity contribution in [2.45, 2.75) is 38.9 Å². The number of benzene rings is 3. The van der Waals surface area contributed by atoms with Crippen LogP contribution in [0.1, 0.15) is 26.3 Å². The van der Waals surface area contributed by atoms with Crippen LogP contribution in [0, 0.1) is 11.5 Å². The fraction of sp³-hybridized carbons (Fsp3) is 0.273. The second kappa shape index (κ2) is 5.55. The predicted molar refractivity (Wildman–Crippen MR) is 106 cm³/mol. The maximum absolute atomic E-state index is 3.64. The Hall–Kier alpha value is -2.04. The molecule has 0 fully saturated rings. The van der Waals surface area contributed by atoms with E-state index in [1.54, 1.807) is 0 Å². The zero-order valence-electron chi connectivity index (χ0n) is 14.7. The normalized spacial score (nSPS) is 12.2. The standard InChI is InChI=1S/C22H24Si/c1-22(2,3)23(4,5)14-13-17-11-8-12-20-15-18-9-6-7-10-19(18)16-21(17)20/h6-12,15-16H,1-5H3. The van der Waals surface area contributed by atoms with Gasteiger partial charge in [0.05, 0.1) is 0 Å². The van der Waals surface area contributed by atoms with Crippen molar-refractivity contribution >= 4 is 29.6 Å². The van der Waals surface area contributed by atoms with Crippen LogP contribution in [0.15, 0.2) is 54.6 Å². The molecule has 3 rings (SSSR count). The first-order chi connectivity index (χ1) is 10.8. The Balaban J connectivity index is 2.18. The first kappa shape index (κ1) is 15.8. The molecule has 0 saturated heterocycles. The van der Waals surface area contributed by atoms with Crippen molar-refractivity contribution in [3.8, 4) is 11.5 Å². The monoisotopic (exact) mass is 316 g/mol. The minimum absolute atomic E-state index is 0.289. The summed E-state index contributed by atoms with van der Waals surface area (Å²) in [7, 11) is -1.59. The van der Waals surface area contributed by atoms with Gasteiger partial charge in [-0.1, -0.05) is 76.2 Å². The Bertz CT molecular complexity index is 931.